The molecule has 0 spiro atoms. The van der Waals surface area contributed by atoms with Crippen LogP contribution in [0, 0.1) is 0 Å². The second kappa shape index (κ2) is 8.39. The average Bonchev–Trinajstić information content (AvgIpc) is 3.41. The Balaban J connectivity index is 1.40. The Morgan fingerprint density at radius 3 is 2.46 bits per heavy atom. The zero-order chi connectivity index (χ0) is 19.3. The minimum Gasteiger partial charge on any atom is -0.321 e. The minimum absolute atomic E-state index is 0.149. The predicted octanol–water partition coefficient (Wildman–Crippen LogP) is 4.95. The van der Waals surface area contributed by atoms with Crippen molar-refractivity contribution in [3.63, 3.8) is 0 Å². The van der Waals surface area contributed by atoms with Crippen LogP contribution in [0.2, 0.25) is 0 Å². The van der Waals surface area contributed by atoms with Crippen molar-refractivity contribution in [2.45, 2.75) is 38.1 Å². The summed E-state index contributed by atoms with van der Waals surface area (Å²) in [4.78, 5) is 25.4. The lowest BCUT2D eigenvalue weighted by Crippen LogP contribution is -2.20. The molecule has 1 fully saturated rings. The van der Waals surface area contributed by atoms with Crippen LogP contribution in [0.3, 0.4) is 0 Å². The van der Waals surface area contributed by atoms with E-state index in [-0.39, 0.29) is 11.8 Å². The molecule has 0 aliphatic heterocycles. The van der Waals surface area contributed by atoms with Gasteiger partial charge >= 0.3 is 0 Å². The molecule has 0 radical (unpaired) electrons. The molecule has 4 rings (SSSR count). The first kappa shape index (κ1) is 18.4. The molecule has 1 aliphatic carbocycles. The van der Waals surface area contributed by atoms with Crippen molar-refractivity contribution in [3.8, 4) is 0 Å². The molecule has 0 bridgehead atoms. The van der Waals surface area contributed by atoms with Crippen LogP contribution in [0.5, 0.6) is 0 Å². The maximum absolute atomic E-state index is 12.6. The van der Waals surface area contributed by atoms with Gasteiger partial charge in [-0.05, 0) is 48.6 Å². The number of thiophene rings is 1. The SMILES string of the molecule is O=C(Nc1ccnn1C1CCCCC1)c1ccc(NC(=O)c2cccs2)cc1. The van der Waals surface area contributed by atoms with E-state index in [1.54, 1.807) is 36.5 Å². The van der Waals surface area contributed by atoms with Crippen LogP contribution in [0.4, 0.5) is 11.5 Å². The Labute approximate surface area is 167 Å². The van der Waals surface area contributed by atoms with E-state index in [4.69, 9.17) is 0 Å². The molecule has 3 aromatic rings. The molecule has 1 aromatic carbocycles. The first-order valence-electron chi connectivity index (χ1n) is 9.50. The Kier molecular flexibility index (Phi) is 5.53. The number of carbonyl (C=O) groups excluding carboxylic acids is 2. The highest BCUT2D eigenvalue weighted by Gasteiger charge is 2.19. The summed E-state index contributed by atoms with van der Waals surface area (Å²) in [5.41, 5.74) is 1.19. The van der Waals surface area contributed by atoms with Crippen LogP contribution >= 0.6 is 11.3 Å². The van der Waals surface area contributed by atoms with Crippen LogP contribution in [-0.4, -0.2) is 21.6 Å². The van der Waals surface area contributed by atoms with Crippen LogP contribution in [0.15, 0.2) is 54.0 Å². The third-order valence-corrected chi connectivity index (χ3v) is 5.85. The van der Waals surface area contributed by atoms with E-state index in [9.17, 15) is 9.59 Å². The number of benzene rings is 1. The molecule has 2 aromatic heterocycles. The molecule has 0 atom stereocenters. The first-order valence-corrected chi connectivity index (χ1v) is 10.4. The fourth-order valence-electron chi connectivity index (χ4n) is 3.52. The Bertz CT molecular complexity index is 941. The summed E-state index contributed by atoms with van der Waals surface area (Å²) in [6.45, 7) is 0. The number of hydrogen-bond acceptors (Lipinski definition) is 4. The molecule has 2 heterocycles. The van der Waals surface area contributed by atoms with Crippen molar-refractivity contribution in [2.75, 3.05) is 10.6 Å². The fourth-order valence-corrected chi connectivity index (χ4v) is 4.14. The van der Waals surface area contributed by atoms with Crippen molar-refractivity contribution in [1.29, 1.82) is 0 Å². The molecule has 2 amide bonds. The topological polar surface area (TPSA) is 76.0 Å². The number of anilines is 2. The summed E-state index contributed by atoms with van der Waals surface area (Å²) in [5, 5.41) is 12.1. The van der Waals surface area contributed by atoms with E-state index in [2.05, 4.69) is 15.7 Å². The number of nitrogens with one attached hydrogen (secondary N) is 2. The fraction of sp³-hybridized carbons (Fsp3) is 0.286. The van der Waals surface area contributed by atoms with E-state index in [0.717, 1.165) is 18.7 Å². The number of rotatable bonds is 5. The summed E-state index contributed by atoms with van der Waals surface area (Å²) in [6.07, 6.45) is 7.61. The smallest absolute Gasteiger partial charge is 0.265 e. The second-order valence-corrected chi connectivity index (χ2v) is 7.86. The Hall–Kier alpha value is -2.93. The third-order valence-electron chi connectivity index (χ3n) is 4.98. The molecule has 2 N–H and O–H groups in total. The molecular formula is C21H22N4O2S. The first-order chi connectivity index (χ1) is 13.7. The van der Waals surface area contributed by atoms with Crippen molar-refractivity contribution in [3.05, 3.63) is 64.5 Å². The van der Waals surface area contributed by atoms with Gasteiger partial charge < -0.3 is 10.6 Å². The number of nitrogens with zero attached hydrogens (tertiary/aromatic N) is 2. The van der Waals surface area contributed by atoms with E-state index in [1.807, 2.05) is 22.2 Å². The molecular weight excluding hydrogens is 372 g/mol. The Morgan fingerprint density at radius 1 is 0.964 bits per heavy atom. The van der Waals surface area contributed by atoms with Gasteiger partial charge in [0.05, 0.1) is 17.1 Å². The van der Waals surface area contributed by atoms with Crippen LogP contribution in [0.1, 0.15) is 58.2 Å². The van der Waals surface area contributed by atoms with Crippen LogP contribution in [0.25, 0.3) is 0 Å². The van der Waals surface area contributed by atoms with Crippen molar-refractivity contribution < 1.29 is 9.59 Å². The molecule has 1 aliphatic rings. The number of carbonyl (C=O) groups is 2. The van der Waals surface area contributed by atoms with Gasteiger partial charge in [0.1, 0.15) is 5.82 Å². The average molecular weight is 394 g/mol. The lowest BCUT2D eigenvalue weighted by atomic mass is 9.96. The normalized spacial score (nSPS) is 14.6. The highest BCUT2D eigenvalue weighted by Crippen LogP contribution is 2.30. The molecule has 0 saturated heterocycles. The monoisotopic (exact) mass is 394 g/mol. The van der Waals surface area contributed by atoms with Gasteiger partial charge in [-0.25, -0.2) is 4.68 Å². The van der Waals surface area contributed by atoms with Gasteiger partial charge in [0.2, 0.25) is 0 Å². The second-order valence-electron chi connectivity index (χ2n) is 6.92. The van der Waals surface area contributed by atoms with Gasteiger partial charge in [-0.3, -0.25) is 9.59 Å². The van der Waals surface area contributed by atoms with Crippen LogP contribution < -0.4 is 10.6 Å². The molecule has 6 nitrogen and oxygen atoms in total. The number of amides is 2. The maximum Gasteiger partial charge on any atom is 0.265 e. The molecule has 7 heteroatoms. The molecule has 1 saturated carbocycles. The summed E-state index contributed by atoms with van der Waals surface area (Å²) in [6, 6.07) is 12.7. The molecule has 144 valence electrons. The molecule has 28 heavy (non-hydrogen) atoms. The highest BCUT2D eigenvalue weighted by atomic mass is 32.1. The van der Waals surface area contributed by atoms with Gasteiger partial charge in [-0.15, -0.1) is 11.3 Å². The van der Waals surface area contributed by atoms with Gasteiger partial charge in [-0.1, -0.05) is 25.3 Å². The lowest BCUT2D eigenvalue weighted by Gasteiger charge is -2.23. The summed E-state index contributed by atoms with van der Waals surface area (Å²) in [7, 11) is 0. The van der Waals surface area contributed by atoms with E-state index in [0.29, 0.717) is 22.2 Å². The predicted molar refractivity (Wildman–Crippen MR) is 111 cm³/mol. The van der Waals surface area contributed by atoms with Gasteiger partial charge in [0, 0.05) is 17.3 Å². The van der Waals surface area contributed by atoms with Crippen molar-refractivity contribution in [2.24, 2.45) is 0 Å². The van der Waals surface area contributed by atoms with E-state index < -0.39 is 0 Å². The lowest BCUT2D eigenvalue weighted by molar-refractivity contribution is 0.102. The molecule has 0 unspecified atom stereocenters. The zero-order valence-electron chi connectivity index (χ0n) is 15.4. The standard InChI is InChI=1S/C21H22N4O2S/c26-20(24-19-12-13-22-25(19)17-5-2-1-3-6-17)15-8-10-16(11-9-15)23-21(27)18-7-4-14-28-18/h4,7-14,17H,1-3,5-6H2,(H,23,27)(H,24,26). The Morgan fingerprint density at radius 2 is 1.75 bits per heavy atom. The minimum atomic E-state index is -0.186. The maximum atomic E-state index is 12.6. The highest BCUT2D eigenvalue weighted by molar-refractivity contribution is 7.12. The van der Waals surface area contributed by atoms with Crippen LogP contribution in [-0.2, 0) is 0 Å². The van der Waals surface area contributed by atoms with Gasteiger partial charge in [0.15, 0.2) is 0 Å². The van der Waals surface area contributed by atoms with Crippen molar-refractivity contribution in [1.82, 2.24) is 9.78 Å². The summed E-state index contributed by atoms with van der Waals surface area (Å²) in [5.74, 6) is 0.393. The zero-order valence-corrected chi connectivity index (χ0v) is 16.2. The van der Waals surface area contributed by atoms with E-state index >= 15 is 0 Å². The summed E-state index contributed by atoms with van der Waals surface area (Å²) < 4.78 is 1.94. The third kappa shape index (κ3) is 4.14. The number of aromatic nitrogens is 2. The van der Waals surface area contributed by atoms with Crippen molar-refractivity contribution >= 4 is 34.7 Å². The summed E-state index contributed by atoms with van der Waals surface area (Å²) >= 11 is 1.39. The number of hydrogen-bond donors (Lipinski definition) is 2. The van der Waals surface area contributed by atoms with Gasteiger partial charge in [-0.2, -0.15) is 5.10 Å². The van der Waals surface area contributed by atoms with Gasteiger partial charge in [0.25, 0.3) is 11.8 Å². The van der Waals surface area contributed by atoms with E-state index in [1.165, 1.54) is 30.6 Å². The largest absolute Gasteiger partial charge is 0.321 e. The quantitative estimate of drug-likeness (QED) is 0.642.